The van der Waals surface area contributed by atoms with Crippen LogP contribution < -0.4 is 5.73 Å². The first-order chi connectivity index (χ1) is 10.7. The Kier molecular flexibility index (Phi) is 6.21. The lowest BCUT2D eigenvalue weighted by molar-refractivity contribution is 0.717. The summed E-state index contributed by atoms with van der Waals surface area (Å²) in [6.07, 6.45) is 8.28. The van der Waals surface area contributed by atoms with E-state index in [2.05, 4.69) is 42.2 Å². The average Bonchev–Trinajstić information content (AvgIpc) is 2.52. The van der Waals surface area contributed by atoms with Crippen molar-refractivity contribution in [3.63, 3.8) is 0 Å². The van der Waals surface area contributed by atoms with Crippen LogP contribution in [0.25, 0.3) is 10.9 Å². The number of aryl methyl sites for hydroxylation is 2. The lowest BCUT2D eigenvalue weighted by Gasteiger charge is -2.08. The van der Waals surface area contributed by atoms with Gasteiger partial charge < -0.3 is 5.73 Å². The summed E-state index contributed by atoms with van der Waals surface area (Å²) in [7, 11) is 0. The number of hydrogen-bond acceptors (Lipinski definition) is 3. The van der Waals surface area contributed by atoms with E-state index in [0.29, 0.717) is 12.2 Å². The molecule has 0 atom stereocenters. The molecule has 0 bridgehead atoms. The van der Waals surface area contributed by atoms with E-state index in [-0.39, 0.29) is 0 Å². The quantitative estimate of drug-likeness (QED) is 0.712. The number of unbranched alkanes of at least 4 members (excludes halogenated alkanes) is 4. The third kappa shape index (κ3) is 4.46. The first kappa shape index (κ1) is 16.3. The minimum atomic E-state index is 0.639. The van der Waals surface area contributed by atoms with Gasteiger partial charge in [0, 0.05) is 11.8 Å². The molecule has 0 unspecified atom stereocenters. The maximum atomic E-state index is 8.56. The van der Waals surface area contributed by atoms with Gasteiger partial charge in [-0.3, -0.25) is 0 Å². The summed E-state index contributed by atoms with van der Waals surface area (Å²) in [4.78, 5) is 4.58. The van der Waals surface area contributed by atoms with Crippen LogP contribution in [0.4, 0.5) is 5.82 Å². The Bertz CT molecular complexity index is 656. The molecular formula is C19H25N3. The van der Waals surface area contributed by atoms with Gasteiger partial charge >= 0.3 is 0 Å². The van der Waals surface area contributed by atoms with Crippen molar-refractivity contribution in [1.29, 1.82) is 5.26 Å². The monoisotopic (exact) mass is 295 g/mol. The van der Waals surface area contributed by atoms with Crippen molar-refractivity contribution in [3.8, 4) is 6.07 Å². The van der Waals surface area contributed by atoms with E-state index < -0.39 is 0 Å². The van der Waals surface area contributed by atoms with Crippen LogP contribution in [0.2, 0.25) is 0 Å². The molecule has 116 valence electrons. The summed E-state index contributed by atoms with van der Waals surface area (Å²) in [6, 6.07) is 10.8. The molecule has 0 saturated carbocycles. The van der Waals surface area contributed by atoms with Gasteiger partial charge in [0.2, 0.25) is 0 Å². The lowest BCUT2D eigenvalue weighted by Crippen LogP contribution is -1.99. The van der Waals surface area contributed by atoms with Crippen molar-refractivity contribution in [2.24, 2.45) is 0 Å². The van der Waals surface area contributed by atoms with Gasteiger partial charge in [0.1, 0.15) is 5.82 Å². The second kappa shape index (κ2) is 8.38. The summed E-state index contributed by atoms with van der Waals surface area (Å²) in [5.41, 5.74) is 9.54. The molecule has 0 aliphatic rings. The predicted octanol–water partition coefficient (Wildman–Crippen LogP) is 4.79. The van der Waals surface area contributed by atoms with Gasteiger partial charge in [-0.05, 0) is 55.4 Å². The highest BCUT2D eigenvalue weighted by atomic mass is 14.8. The first-order valence-corrected chi connectivity index (χ1v) is 8.29. The van der Waals surface area contributed by atoms with Crippen molar-refractivity contribution >= 4 is 16.7 Å². The number of rotatable bonds is 8. The van der Waals surface area contributed by atoms with Crippen LogP contribution >= 0.6 is 0 Å². The fourth-order valence-corrected chi connectivity index (χ4v) is 2.73. The molecule has 3 nitrogen and oxygen atoms in total. The van der Waals surface area contributed by atoms with Crippen molar-refractivity contribution in [1.82, 2.24) is 4.98 Å². The van der Waals surface area contributed by atoms with Gasteiger partial charge in [-0.25, -0.2) is 4.98 Å². The number of nitrogens with zero attached hydrogens (tertiary/aromatic N) is 2. The van der Waals surface area contributed by atoms with E-state index in [1.807, 2.05) is 0 Å². The van der Waals surface area contributed by atoms with Crippen molar-refractivity contribution in [3.05, 3.63) is 35.4 Å². The third-order valence-electron chi connectivity index (χ3n) is 4.05. The molecule has 0 radical (unpaired) electrons. The number of nitrogen functional groups attached to an aromatic ring is 1. The molecule has 2 rings (SSSR count). The maximum absolute atomic E-state index is 8.56. The van der Waals surface area contributed by atoms with Gasteiger partial charge in [-0.2, -0.15) is 5.26 Å². The number of hydrogen-bond donors (Lipinski definition) is 1. The van der Waals surface area contributed by atoms with Crippen LogP contribution in [0.5, 0.6) is 0 Å². The molecule has 0 amide bonds. The first-order valence-electron chi connectivity index (χ1n) is 8.29. The highest BCUT2D eigenvalue weighted by Crippen LogP contribution is 2.22. The van der Waals surface area contributed by atoms with Gasteiger partial charge in [-0.15, -0.1) is 0 Å². The summed E-state index contributed by atoms with van der Waals surface area (Å²) in [5.74, 6) is 0.672. The average molecular weight is 295 g/mol. The Morgan fingerprint density at radius 1 is 1.09 bits per heavy atom. The second-order valence-electron chi connectivity index (χ2n) is 5.88. The topological polar surface area (TPSA) is 62.7 Å². The number of pyridine rings is 1. The fourth-order valence-electron chi connectivity index (χ4n) is 2.73. The Hall–Kier alpha value is -2.08. The number of aromatic nitrogens is 1. The molecule has 1 aromatic heterocycles. The zero-order chi connectivity index (χ0) is 15.8. The molecule has 0 aliphatic heterocycles. The normalized spacial score (nSPS) is 10.7. The second-order valence-corrected chi connectivity index (χ2v) is 5.88. The van der Waals surface area contributed by atoms with Gasteiger partial charge in [-0.1, -0.05) is 31.9 Å². The van der Waals surface area contributed by atoms with E-state index in [1.54, 1.807) is 0 Å². The summed E-state index contributed by atoms with van der Waals surface area (Å²) >= 11 is 0. The van der Waals surface area contributed by atoms with Crippen LogP contribution in [0.1, 0.15) is 56.6 Å². The number of fused-ring (bicyclic) bond motifs is 1. The third-order valence-corrected chi connectivity index (χ3v) is 4.05. The van der Waals surface area contributed by atoms with Crippen LogP contribution in [0, 0.1) is 11.3 Å². The Morgan fingerprint density at radius 2 is 1.91 bits per heavy atom. The Labute approximate surface area is 133 Å². The number of nitrogens with two attached hydrogens (primary N) is 1. The van der Waals surface area contributed by atoms with E-state index in [9.17, 15) is 0 Å². The largest absolute Gasteiger partial charge is 0.383 e. The van der Waals surface area contributed by atoms with Crippen molar-refractivity contribution < 1.29 is 0 Å². The summed E-state index contributed by atoms with van der Waals surface area (Å²) < 4.78 is 0. The Balaban J connectivity index is 2.09. The molecule has 1 heterocycles. The number of anilines is 1. The molecule has 2 aromatic rings. The maximum Gasteiger partial charge on any atom is 0.127 e. The van der Waals surface area contributed by atoms with Crippen LogP contribution in [0.3, 0.4) is 0 Å². The van der Waals surface area contributed by atoms with Crippen molar-refractivity contribution in [2.75, 3.05) is 5.73 Å². The zero-order valence-electron chi connectivity index (χ0n) is 13.4. The van der Waals surface area contributed by atoms with Crippen LogP contribution in [-0.2, 0) is 12.8 Å². The zero-order valence-corrected chi connectivity index (χ0v) is 13.4. The molecule has 22 heavy (non-hydrogen) atoms. The SMILES string of the molecule is CCCCCc1cc2ccc(CCCCC#N)cc2nc1N. The fraction of sp³-hybridized carbons (Fsp3) is 0.474. The summed E-state index contributed by atoms with van der Waals surface area (Å²) in [6.45, 7) is 2.21. The molecule has 0 spiro atoms. The van der Waals surface area contributed by atoms with Gasteiger partial charge in [0.15, 0.2) is 0 Å². The summed E-state index contributed by atoms with van der Waals surface area (Å²) in [5, 5.41) is 9.73. The molecule has 0 aliphatic carbocycles. The van der Waals surface area contributed by atoms with E-state index in [0.717, 1.165) is 31.2 Å². The number of nitriles is 1. The van der Waals surface area contributed by atoms with Crippen molar-refractivity contribution in [2.45, 2.75) is 58.3 Å². The molecular weight excluding hydrogens is 270 g/mol. The smallest absolute Gasteiger partial charge is 0.127 e. The minimum absolute atomic E-state index is 0.639. The molecule has 0 saturated heterocycles. The standard InChI is InChI=1S/C19H25N3/c1-2-3-5-9-17-14-16-11-10-15(8-6-4-7-12-20)13-18(16)22-19(17)21/h10-11,13-14H,2-9H2,1H3,(H2,21,22). The minimum Gasteiger partial charge on any atom is -0.383 e. The molecule has 0 fully saturated rings. The van der Waals surface area contributed by atoms with Crippen LogP contribution in [0.15, 0.2) is 24.3 Å². The van der Waals surface area contributed by atoms with Gasteiger partial charge in [0.25, 0.3) is 0 Å². The van der Waals surface area contributed by atoms with E-state index in [1.165, 1.54) is 35.8 Å². The predicted molar refractivity (Wildman–Crippen MR) is 92.6 cm³/mol. The lowest BCUT2D eigenvalue weighted by atomic mass is 10.0. The van der Waals surface area contributed by atoms with E-state index in [4.69, 9.17) is 11.0 Å². The van der Waals surface area contributed by atoms with Gasteiger partial charge in [0.05, 0.1) is 11.6 Å². The van der Waals surface area contributed by atoms with E-state index >= 15 is 0 Å². The highest BCUT2D eigenvalue weighted by molar-refractivity contribution is 5.82. The Morgan fingerprint density at radius 3 is 2.68 bits per heavy atom. The molecule has 2 N–H and O–H groups in total. The molecule has 1 aromatic carbocycles. The number of benzene rings is 1. The van der Waals surface area contributed by atoms with Crippen LogP contribution in [-0.4, -0.2) is 4.98 Å². The highest BCUT2D eigenvalue weighted by Gasteiger charge is 2.05. The molecule has 3 heteroatoms.